The van der Waals surface area contributed by atoms with E-state index in [4.69, 9.17) is 10.7 Å². The van der Waals surface area contributed by atoms with Crippen molar-refractivity contribution in [3.8, 4) is 0 Å². The molecule has 2 rings (SSSR count). The standard InChI is InChI=1S/C16H22N2/c1-10-6-12(3)15-14(7-10)11(2)8-13(18-15)9-16(4,5)17/h6-8H,9,17H2,1-5H3. The van der Waals surface area contributed by atoms with Crippen molar-refractivity contribution in [1.29, 1.82) is 0 Å². The van der Waals surface area contributed by atoms with E-state index >= 15 is 0 Å². The lowest BCUT2D eigenvalue weighted by Gasteiger charge is -2.19. The summed E-state index contributed by atoms with van der Waals surface area (Å²) < 4.78 is 0. The molecule has 0 spiro atoms. The molecule has 2 nitrogen and oxygen atoms in total. The van der Waals surface area contributed by atoms with Crippen LogP contribution in [0.1, 0.15) is 36.2 Å². The molecule has 1 aromatic carbocycles. The molecule has 0 bridgehead atoms. The van der Waals surface area contributed by atoms with Crippen molar-refractivity contribution >= 4 is 10.9 Å². The molecule has 0 aliphatic rings. The van der Waals surface area contributed by atoms with Gasteiger partial charge in [0.25, 0.3) is 0 Å². The highest BCUT2D eigenvalue weighted by Crippen LogP contribution is 2.24. The number of hydrogen-bond donors (Lipinski definition) is 1. The Kier molecular flexibility index (Phi) is 3.16. The number of benzene rings is 1. The summed E-state index contributed by atoms with van der Waals surface area (Å²) in [5.74, 6) is 0. The van der Waals surface area contributed by atoms with Crippen LogP contribution in [0, 0.1) is 20.8 Å². The zero-order chi connectivity index (χ0) is 13.5. The second-order valence-corrected chi connectivity index (χ2v) is 6.07. The molecule has 2 N–H and O–H groups in total. The van der Waals surface area contributed by atoms with Crippen molar-refractivity contribution in [2.24, 2.45) is 5.73 Å². The average Bonchev–Trinajstić information content (AvgIpc) is 2.17. The van der Waals surface area contributed by atoms with Gasteiger partial charge >= 0.3 is 0 Å². The fourth-order valence-electron chi connectivity index (χ4n) is 2.47. The predicted molar refractivity (Wildman–Crippen MR) is 77.9 cm³/mol. The maximum atomic E-state index is 6.08. The van der Waals surface area contributed by atoms with Gasteiger partial charge in [-0.15, -0.1) is 0 Å². The van der Waals surface area contributed by atoms with E-state index in [1.807, 2.05) is 13.8 Å². The Balaban J connectivity index is 2.62. The van der Waals surface area contributed by atoms with E-state index in [1.165, 1.54) is 22.1 Å². The minimum Gasteiger partial charge on any atom is -0.325 e. The molecule has 1 heterocycles. The summed E-state index contributed by atoms with van der Waals surface area (Å²) in [6, 6.07) is 6.56. The Morgan fingerprint density at radius 2 is 1.72 bits per heavy atom. The van der Waals surface area contributed by atoms with Crippen LogP contribution in [-0.2, 0) is 6.42 Å². The predicted octanol–water partition coefficient (Wildman–Crippen LogP) is 3.44. The SMILES string of the molecule is Cc1cc(C)c2nc(CC(C)(C)N)cc(C)c2c1. The van der Waals surface area contributed by atoms with Gasteiger partial charge in [0.05, 0.1) is 5.52 Å². The molecule has 96 valence electrons. The summed E-state index contributed by atoms with van der Waals surface area (Å²) in [5, 5.41) is 1.26. The van der Waals surface area contributed by atoms with Crippen LogP contribution in [-0.4, -0.2) is 10.5 Å². The number of hydrogen-bond acceptors (Lipinski definition) is 2. The molecule has 0 saturated heterocycles. The summed E-state index contributed by atoms with van der Waals surface area (Å²) in [4.78, 5) is 4.78. The molecular formula is C16H22N2. The highest BCUT2D eigenvalue weighted by Gasteiger charge is 2.14. The first kappa shape index (κ1) is 13.0. The summed E-state index contributed by atoms with van der Waals surface area (Å²) in [5.41, 5.74) is 11.9. The van der Waals surface area contributed by atoms with E-state index in [2.05, 4.69) is 39.0 Å². The van der Waals surface area contributed by atoms with Gasteiger partial charge in [0.15, 0.2) is 0 Å². The van der Waals surface area contributed by atoms with Gasteiger partial charge in [0.2, 0.25) is 0 Å². The fourth-order valence-corrected chi connectivity index (χ4v) is 2.47. The minimum absolute atomic E-state index is 0.217. The molecule has 1 aromatic heterocycles. The van der Waals surface area contributed by atoms with E-state index in [1.54, 1.807) is 0 Å². The number of pyridine rings is 1. The molecule has 0 fully saturated rings. The number of aromatic nitrogens is 1. The lowest BCUT2D eigenvalue weighted by Crippen LogP contribution is -2.34. The van der Waals surface area contributed by atoms with Gasteiger partial charge in [-0.1, -0.05) is 11.6 Å². The Morgan fingerprint density at radius 1 is 1.06 bits per heavy atom. The van der Waals surface area contributed by atoms with Gasteiger partial charge in [-0.05, 0) is 57.9 Å². The van der Waals surface area contributed by atoms with Crippen molar-refractivity contribution in [2.75, 3.05) is 0 Å². The van der Waals surface area contributed by atoms with Crippen molar-refractivity contribution in [2.45, 2.75) is 46.6 Å². The normalized spacial score (nSPS) is 12.1. The van der Waals surface area contributed by atoms with Crippen molar-refractivity contribution in [3.05, 3.63) is 40.6 Å². The van der Waals surface area contributed by atoms with Gasteiger partial charge in [-0.25, -0.2) is 0 Å². The Labute approximate surface area is 109 Å². The number of nitrogens with zero attached hydrogens (tertiary/aromatic N) is 1. The quantitative estimate of drug-likeness (QED) is 0.876. The van der Waals surface area contributed by atoms with Crippen molar-refractivity contribution in [1.82, 2.24) is 4.98 Å². The van der Waals surface area contributed by atoms with Gasteiger partial charge in [-0.3, -0.25) is 4.98 Å². The summed E-state index contributed by atoms with van der Waals surface area (Å²) in [6.45, 7) is 10.5. The van der Waals surface area contributed by atoms with E-state index in [0.717, 1.165) is 17.6 Å². The highest BCUT2D eigenvalue weighted by molar-refractivity contribution is 5.85. The lowest BCUT2D eigenvalue weighted by molar-refractivity contribution is 0.511. The third-order valence-corrected chi connectivity index (χ3v) is 3.14. The molecule has 2 heteroatoms. The van der Waals surface area contributed by atoms with E-state index in [-0.39, 0.29) is 5.54 Å². The Morgan fingerprint density at radius 3 is 2.33 bits per heavy atom. The van der Waals surface area contributed by atoms with Crippen molar-refractivity contribution in [3.63, 3.8) is 0 Å². The largest absolute Gasteiger partial charge is 0.325 e. The lowest BCUT2D eigenvalue weighted by atomic mass is 9.96. The average molecular weight is 242 g/mol. The number of aryl methyl sites for hydroxylation is 3. The minimum atomic E-state index is -0.217. The second-order valence-electron chi connectivity index (χ2n) is 6.07. The fraction of sp³-hybridized carbons (Fsp3) is 0.438. The van der Waals surface area contributed by atoms with Crippen LogP contribution in [0.3, 0.4) is 0 Å². The first-order chi connectivity index (χ1) is 8.26. The van der Waals surface area contributed by atoms with Crippen LogP contribution in [0.5, 0.6) is 0 Å². The van der Waals surface area contributed by atoms with Crippen LogP contribution >= 0.6 is 0 Å². The zero-order valence-electron chi connectivity index (χ0n) is 12.0. The van der Waals surface area contributed by atoms with E-state index in [9.17, 15) is 0 Å². The maximum Gasteiger partial charge on any atom is 0.0737 e. The smallest absolute Gasteiger partial charge is 0.0737 e. The van der Waals surface area contributed by atoms with Crippen LogP contribution in [0.4, 0.5) is 0 Å². The molecule has 0 aliphatic carbocycles. The van der Waals surface area contributed by atoms with Crippen LogP contribution in [0.15, 0.2) is 18.2 Å². The summed E-state index contributed by atoms with van der Waals surface area (Å²) in [7, 11) is 0. The number of fused-ring (bicyclic) bond motifs is 1. The molecular weight excluding hydrogens is 220 g/mol. The van der Waals surface area contributed by atoms with Gasteiger partial charge in [-0.2, -0.15) is 0 Å². The molecule has 2 aromatic rings. The molecule has 0 aliphatic heterocycles. The number of rotatable bonds is 2. The molecule has 0 atom stereocenters. The monoisotopic (exact) mass is 242 g/mol. The maximum absolute atomic E-state index is 6.08. The Hall–Kier alpha value is -1.41. The first-order valence-electron chi connectivity index (χ1n) is 6.43. The zero-order valence-corrected chi connectivity index (χ0v) is 12.0. The third kappa shape index (κ3) is 2.70. The van der Waals surface area contributed by atoms with Crippen LogP contribution in [0.25, 0.3) is 10.9 Å². The van der Waals surface area contributed by atoms with Gasteiger partial charge < -0.3 is 5.73 Å². The first-order valence-corrected chi connectivity index (χ1v) is 6.43. The van der Waals surface area contributed by atoms with Crippen molar-refractivity contribution < 1.29 is 0 Å². The summed E-state index contributed by atoms with van der Waals surface area (Å²) >= 11 is 0. The summed E-state index contributed by atoms with van der Waals surface area (Å²) in [6.07, 6.45) is 0.803. The third-order valence-electron chi connectivity index (χ3n) is 3.14. The highest BCUT2D eigenvalue weighted by atomic mass is 14.8. The van der Waals surface area contributed by atoms with Crippen LogP contribution in [0.2, 0.25) is 0 Å². The molecule has 0 saturated carbocycles. The van der Waals surface area contributed by atoms with Gasteiger partial charge in [0.1, 0.15) is 0 Å². The Bertz CT molecular complexity index is 592. The van der Waals surface area contributed by atoms with E-state index < -0.39 is 0 Å². The molecule has 18 heavy (non-hydrogen) atoms. The molecule has 0 amide bonds. The van der Waals surface area contributed by atoms with Crippen LogP contribution < -0.4 is 5.73 Å². The molecule has 0 radical (unpaired) electrons. The number of nitrogens with two attached hydrogens (primary N) is 1. The van der Waals surface area contributed by atoms with E-state index in [0.29, 0.717) is 0 Å². The topological polar surface area (TPSA) is 38.9 Å². The second kappa shape index (κ2) is 4.36. The molecule has 0 unspecified atom stereocenters. The van der Waals surface area contributed by atoms with Gasteiger partial charge in [0, 0.05) is 23.0 Å².